The van der Waals surface area contributed by atoms with E-state index in [0.717, 1.165) is 19.1 Å². The highest BCUT2D eigenvalue weighted by Crippen LogP contribution is 2.24. The van der Waals surface area contributed by atoms with Gasteiger partial charge in [0.1, 0.15) is 0 Å². The van der Waals surface area contributed by atoms with Crippen LogP contribution in [0, 0.1) is 5.92 Å². The van der Waals surface area contributed by atoms with Crippen LogP contribution in [-0.4, -0.2) is 51.0 Å². The number of piperidine rings is 1. The maximum absolute atomic E-state index is 11.7. The number of carbonyl (C=O) groups excluding carboxylic acids is 1. The number of amides is 1. The van der Waals surface area contributed by atoms with Crippen molar-refractivity contribution in [3.63, 3.8) is 0 Å². The Morgan fingerprint density at radius 1 is 1.21 bits per heavy atom. The van der Waals surface area contributed by atoms with E-state index in [1.165, 1.54) is 0 Å². The number of likely N-dealkylation sites (tertiary alicyclic amines) is 1. The van der Waals surface area contributed by atoms with Crippen LogP contribution in [0.4, 0.5) is 4.79 Å². The topological polar surface area (TPSA) is 72.9 Å². The van der Waals surface area contributed by atoms with E-state index in [9.17, 15) is 13.2 Å². The predicted octanol–water partition coefficient (Wildman–Crippen LogP) is 1.61. The first-order valence-corrected chi connectivity index (χ1v) is 8.34. The molecule has 1 rings (SSSR count). The normalized spacial score (nSPS) is 19.5. The van der Waals surface area contributed by atoms with Gasteiger partial charge in [-0.25, -0.2) is 4.79 Å². The lowest BCUT2D eigenvalue weighted by Crippen LogP contribution is -2.42. The smallest absolute Gasteiger partial charge is 0.410 e. The molecular weight excluding hydrogens is 270 g/mol. The molecule has 0 saturated carbocycles. The first kappa shape index (κ1) is 16.2. The second-order valence-electron chi connectivity index (χ2n) is 5.26. The highest BCUT2D eigenvalue weighted by atomic mass is 32.2. The molecule has 1 atom stereocenters. The van der Waals surface area contributed by atoms with E-state index >= 15 is 0 Å². The fourth-order valence-corrected chi connectivity index (χ4v) is 2.89. The molecule has 7 heteroatoms. The summed E-state index contributed by atoms with van der Waals surface area (Å²) in [5.74, 6) is 0.151. The monoisotopic (exact) mass is 293 g/mol. The number of carbonyl (C=O) groups is 1. The Kier molecular flexibility index (Phi) is 5.61. The first-order chi connectivity index (χ1) is 8.69. The van der Waals surface area contributed by atoms with Crippen LogP contribution in [0.3, 0.4) is 0 Å². The third-order valence-corrected chi connectivity index (χ3v) is 3.78. The summed E-state index contributed by atoms with van der Waals surface area (Å²) < 4.78 is 32.2. The van der Waals surface area contributed by atoms with Crippen molar-refractivity contribution in [3.05, 3.63) is 0 Å². The Labute approximate surface area is 115 Å². The summed E-state index contributed by atoms with van der Waals surface area (Å²) in [6.07, 6.45) is 1.73. The molecule has 1 aliphatic heterocycles. The van der Waals surface area contributed by atoms with E-state index < -0.39 is 10.1 Å². The van der Waals surface area contributed by atoms with Crippen LogP contribution in [0.2, 0.25) is 0 Å². The molecule has 1 unspecified atom stereocenters. The van der Waals surface area contributed by atoms with Gasteiger partial charge in [-0.3, -0.25) is 4.18 Å². The third-order valence-electron chi connectivity index (χ3n) is 3.12. The molecule has 6 nitrogen and oxygen atoms in total. The van der Waals surface area contributed by atoms with Crippen molar-refractivity contribution in [3.8, 4) is 0 Å². The van der Waals surface area contributed by atoms with Gasteiger partial charge in [0.15, 0.2) is 0 Å². The maximum Gasteiger partial charge on any atom is 0.410 e. The molecule has 19 heavy (non-hydrogen) atoms. The summed E-state index contributed by atoms with van der Waals surface area (Å²) in [5, 5.41) is 0. The Bertz CT molecular complexity index is 398. The van der Waals surface area contributed by atoms with E-state index in [-0.39, 0.29) is 24.2 Å². The van der Waals surface area contributed by atoms with Gasteiger partial charge in [0.25, 0.3) is 10.1 Å². The zero-order chi connectivity index (χ0) is 14.6. The zero-order valence-electron chi connectivity index (χ0n) is 12.0. The van der Waals surface area contributed by atoms with Gasteiger partial charge in [0.05, 0.1) is 18.5 Å². The van der Waals surface area contributed by atoms with Crippen LogP contribution < -0.4 is 0 Å². The van der Waals surface area contributed by atoms with E-state index in [0.29, 0.717) is 13.1 Å². The van der Waals surface area contributed by atoms with Crippen molar-refractivity contribution in [2.24, 2.45) is 5.92 Å². The molecule has 112 valence electrons. The SMILES string of the molecule is CC(C)OC(=O)N1CCC(C(C)OS(C)(=O)=O)CC1. The summed E-state index contributed by atoms with van der Waals surface area (Å²) in [6.45, 7) is 6.54. The number of hydrogen-bond acceptors (Lipinski definition) is 5. The Morgan fingerprint density at radius 2 is 1.74 bits per heavy atom. The molecule has 1 heterocycles. The summed E-state index contributed by atoms with van der Waals surface area (Å²) in [6, 6.07) is 0. The number of nitrogens with zero attached hydrogens (tertiary/aromatic N) is 1. The number of hydrogen-bond donors (Lipinski definition) is 0. The Morgan fingerprint density at radius 3 is 2.16 bits per heavy atom. The van der Waals surface area contributed by atoms with E-state index in [2.05, 4.69) is 0 Å². The van der Waals surface area contributed by atoms with Gasteiger partial charge in [-0.2, -0.15) is 8.42 Å². The van der Waals surface area contributed by atoms with Crippen LogP contribution in [0.1, 0.15) is 33.6 Å². The van der Waals surface area contributed by atoms with Crippen LogP contribution in [0.5, 0.6) is 0 Å². The lowest BCUT2D eigenvalue weighted by atomic mass is 9.92. The summed E-state index contributed by atoms with van der Waals surface area (Å²) >= 11 is 0. The van der Waals surface area contributed by atoms with Gasteiger partial charge < -0.3 is 9.64 Å². The molecule has 0 aromatic heterocycles. The molecule has 1 saturated heterocycles. The fourth-order valence-electron chi connectivity index (χ4n) is 2.18. The van der Waals surface area contributed by atoms with Gasteiger partial charge in [-0.15, -0.1) is 0 Å². The van der Waals surface area contributed by atoms with Gasteiger partial charge in [0.2, 0.25) is 0 Å². The molecule has 0 spiro atoms. The molecule has 0 radical (unpaired) electrons. The van der Waals surface area contributed by atoms with E-state index in [4.69, 9.17) is 8.92 Å². The minimum Gasteiger partial charge on any atom is -0.447 e. The highest BCUT2D eigenvalue weighted by molar-refractivity contribution is 7.86. The van der Waals surface area contributed by atoms with E-state index in [1.807, 2.05) is 13.8 Å². The summed E-state index contributed by atoms with van der Waals surface area (Å²) in [5.41, 5.74) is 0. The molecule has 0 aromatic rings. The van der Waals surface area contributed by atoms with Crippen molar-refractivity contribution in [2.75, 3.05) is 19.3 Å². The van der Waals surface area contributed by atoms with Gasteiger partial charge in [0, 0.05) is 13.1 Å². The highest BCUT2D eigenvalue weighted by Gasteiger charge is 2.29. The van der Waals surface area contributed by atoms with Crippen LogP contribution >= 0.6 is 0 Å². The molecule has 0 aromatic carbocycles. The van der Waals surface area contributed by atoms with Crippen molar-refractivity contribution in [1.29, 1.82) is 0 Å². The van der Waals surface area contributed by atoms with Crippen LogP contribution in [-0.2, 0) is 19.0 Å². The van der Waals surface area contributed by atoms with E-state index in [1.54, 1.807) is 11.8 Å². The third kappa shape index (κ3) is 5.78. The average molecular weight is 293 g/mol. The maximum atomic E-state index is 11.7. The molecule has 0 aliphatic carbocycles. The molecule has 1 fully saturated rings. The number of rotatable bonds is 4. The van der Waals surface area contributed by atoms with Crippen LogP contribution in [0.15, 0.2) is 0 Å². The molecule has 0 bridgehead atoms. The lowest BCUT2D eigenvalue weighted by Gasteiger charge is -2.34. The molecular formula is C12H23NO5S. The average Bonchev–Trinajstić information content (AvgIpc) is 2.26. The van der Waals surface area contributed by atoms with Crippen molar-refractivity contribution < 1.29 is 22.1 Å². The minimum atomic E-state index is -3.42. The zero-order valence-corrected chi connectivity index (χ0v) is 12.8. The van der Waals surface area contributed by atoms with Gasteiger partial charge >= 0.3 is 6.09 Å². The largest absolute Gasteiger partial charge is 0.447 e. The minimum absolute atomic E-state index is 0.127. The van der Waals surface area contributed by atoms with Crippen molar-refractivity contribution in [2.45, 2.75) is 45.8 Å². The molecule has 0 N–H and O–H groups in total. The Hall–Kier alpha value is -0.820. The second-order valence-corrected chi connectivity index (χ2v) is 6.86. The van der Waals surface area contributed by atoms with Gasteiger partial charge in [-0.1, -0.05) is 0 Å². The quantitative estimate of drug-likeness (QED) is 0.736. The fraction of sp³-hybridized carbons (Fsp3) is 0.917. The molecule has 1 aliphatic rings. The van der Waals surface area contributed by atoms with Crippen LogP contribution in [0.25, 0.3) is 0 Å². The number of ether oxygens (including phenoxy) is 1. The first-order valence-electron chi connectivity index (χ1n) is 6.53. The standard InChI is InChI=1S/C12H23NO5S/c1-9(2)17-12(14)13-7-5-11(6-8-13)10(3)18-19(4,15)16/h9-11H,5-8H2,1-4H3. The molecule has 1 amide bonds. The van der Waals surface area contributed by atoms with Gasteiger partial charge in [-0.05, 0) is 39.5 Å². The van der Waals surface area contributed by atoms with Crippen molar-refractivity contribution in [1.82, 2.24) is 4.90 Å². The lowest BCUT2D eigenvalue weighted by molar-refractivity contribution is 0.0507. The second kappa shape index (κ2) is 6.56. The summed E-state index contributed by atoms with van der Waals surface area (Å²) in [4.78, 5) is 13.3. The summed E-state index contributed by atoms with van der Waals surface area (Å²) in [7, 11) is -3.42. The Balaban J connectivity index is 2.42. The van der Waals surface area contributed by atoms with Crippen molar-refractivity contribution >= 4 is 16.2 Å². The predicted molar refractivity (Wildman–Crippen MR) is 71.3 cm³/mol.